The van der Waals surface area contributed by atoms with Gasteiger partial charge < -0.3 is 4.42 Å². The molecular formula is C20H14NOS. The molecule has 0 N–H and O–H groups in total. The monoisotopic (exact) mass is 316 g/mol. The van der Waals surface area contributed by atoms with Gasteiger partial charge in [-0.2, -0.15) is 0 Å². The minimum absolute atomic E-state index is 0.769. The molecule has 1 aromatic heterocycles. The summed E-state index contributed by atoms with van der Waals surface area (Å²) in [5, 5.41) is 0. The van der Waals surface area contributed by atoms with Crippen molar-refractivity contribution in [2.45, 2.75) is 10.6 Å². The van der Waals surface area contributed by atoms with Crippen LogP contribution in [0.1, 0.15) is 5.56 Å². The van der Waals surface area contributed by atoms with Crippen molar-refractivity contribution in [1.82, 2.24) is 4.98 Å². The van der Waals surface area contributed by atoms with Crippen molar-refractivity contribution in [1.29, 1.82) is 0 Å². The van der Waals surface area contributed by atoms with Gasteiger partial charge in [-0.1, -0.05) is 60.7 Å². The van der Waals surface area contributed by atoms with Crippen LogP contribution in [-0.4, -0.2) is 4.98 Å². The van der Waals surface area contributed by atoms with Gasteiger partial charge in [0.05, 0.1) is 0 Å². The molecule has 0 aliphatic heterocycles. The van der Waals surface area contributed by atoms with Crippen LogP contribution >= 0.6 is 11.8 Å². The lowest BCUT2D eigenvalue weighted by molar-refractivity contribution is 0.591. The highest BCUT2D eigenvalue weighted by Crippen LogP contribution is 2.36. The van der Waals surface area contributed by atoms with E-state index in [0.29, 0.717) is 0 Å². The largest absolute Gasteiger partial charge is 0.432 e. The molecule has 2 nitrogen and oxygen atoms in total. The maximum absolute atomic E-state index is 5.31. The Labute approximate surface area is 139 Å². The average molecular weight is 316 g/mol. The van der Waals surface area contributed by atoms with Crippen molar-refractivity contribution in [2.24, 2.45) is 0 Å². The van der Waals surface area contributed by atoms with E-state index in [0.717, 1.165) is 22.4 Å². The van der Waals surface area contributed by atoms with E-state index in [9.17, 15) is 0 Å². The Morgan fingerprint density at radius 3 is 2.52 bits per heavy atom. The molecule has 0 saturated heterocycles. The van der Waals surface area contributed by atoms with Gasteiger partial charge in [0, 0.05) is 16.2 Å². The van der Waals surface area contributed by atoms with Gasteiger partial charge >= 0.3 is 0 Å². The molecule has 0 amide bonds. The maximum atomic E-state index is 5.31. The zero-order valence-electron chi connectivity index (χ0n) is 12.4. The number of hydrogen-bond donors (Lipinski definition) is 0. The summed E-state index contributed by atoms with van der Waals surface area (Å²) in [4.78, 5) is 5.50. The van der Waals surface area contributed by atoms with Gasteiger partial charge in [-0.25, -0.2) is 4.98 Å². The number of rotatable bonds is 4. The lowest BCUT2D eigenvalue weighted by Crippen LogP contribution is -1.86. The lowest BCUT2D eigenvalue weighted by atomic mass is 10.0. The highest BCUT2D eigenvalue weighted by molar-refractivity contribution is 7.98. The van der Waals surface area contributed by atoms with Crippen LogP contribution in [0.4, 0.5) is 0 Å². The van der Waals surface area contributed by atoms with Gasteiger partial charge in [-0.15, -0.1) is 11.8 Å². The van der Waals surface area contributed by atoms with Gasteiger partial charge in [0.25, 0.3) is 6.39 Å². The molecule has 0 fully saturated rings. The van der Waals surface area contributed by atoms with Crippen molar-refractivity contribution >= 4 is 22.9 Å². The van der Waals surface area contributed by atoms with Gasteiger partial charge in [-0.05, 0) is 23.3 Å². The van der Waals surface area contributed by atoms with E-state index in [1.807, 2.05) is 30.0 Å². The van der Waals surface area contributed by atoms with E-state index in [1.54, 1.807) is 0 Å². The van der Waals surface area contributed by atoms with Crippen LogP contribution in [-0.2, 0) is 5.75 Å². The fourth-order valence-electron chi connectivity index (χ4n) is 2.61. The normalized spacial score (nSPS) is 11.0. The fourth-order valence-corrected chi connectivity index (χ4v) is 3.63. The number of fused-ring (bicyclic) bond motifs is 1. The van der Waals surface area contributed by atoms with Crippen LogP contribution in [0.25, 0.3) is 22.2 Å². The number of nitrogens with zero attached hydrogens (tertiary/aromatic N) is 1. The zero-order valence-corrected chi connectivity index (χ0v) is 13.2. The summed E-state index contributed by atoms with van der Waals surface area (Å²) in [6.07, 6.45) is 2.59. The van der Waals surface area contributed by atoms with Crippen LogP contribution in [0.5, 0.6) is 0 Å². The smallest absolute Gasteiger partial charge is 0.284 e. The van der Waals surface area contributed by atoms with E-state index in [2.05, 4.69) is 66.0 Å². The summed E-state index contributed by atoms with van der Waals surface area (Å²) in [5.74, 6) is 0.943. The third-order valence-corrected chi connectivity index (χ3v) is 4.87. The van der Waals surface area contributed by atoms with Crippen LogP contribution in [0.3, 0.4) is 0 Å². The minimum atomic E-state index is 0.769. The summed E-state index contributed by atoms with van der Waals surface area (Å²) >= 11 is 1.84. The number of hydrogen-bond acceptors (Lipinski definition) is 3. The van der Waals surface area contributed by atoms with E-state index in [4.69, 9.17) is 4.42 Å². The molecule has 3 aromatic carbocycles. The topological polar surface area (TPSA) is 26.0 Å². The molecule has 23 heavy (non-hydrogen) atoms. The zero-order chi connectivity index (χ0) is 15.5. The van der Waals surface area contributed by atoms with E-state index < -0.39 is 0 Å². The Balaban J connectivity index is 1.71. The number of para-hydroxylation sites is 1. The molecule has 0 aliphatic carbocycles. The summed E-state index contributed by atoms with van der Waals surface area (Å²) in [7, 11) is 0. The standard InChI is InChI=1S/C20H14NOS/c1-2-7-15(8-3-1)13-23-19-12-5-4-9-16(19)17-10-6-11-18-20(17)21-14-22-18/h1-12H,13H2. The Bertz CT molecular complexity index is 930. The second-order valence-electron chi connectivity index (χ2n) is 5.23. The molecule has 0 spiro atoms. The SMILES string of the molecule is [c]1nc2c(-c3ccccc3SCc3ccccc3)cccc2o1. The summed E-state index contributed by atoms with van der Waals surface area (Å²) in [6.45, 7) is 0. The van der Waals surface area contributed by atoms with Gasteiger partial charge in [0.2, 0.25) is 0 Å². The highest BCUT2D eigenvalue weighted by atomic mass is 32.2. The predicted molar refractivity (Wildman–Crippen MR) is 94.3 cm³/mol. The Kier molecular flexibility index (Phi) is 3.86. The van der Waals surface area contributed by atoms with Crippen LogP contribution < -0.4 is 0 Å². The number of oxazole rings is 1. The second-order valence-corrected chi connectivity index (χ2v) is 6.25. The molecule has 0 aliphatic rings. The lowest BCUT2D eigenvalue weighted by Gasteiger charge is -2.10. The molecule has 111 valence electrons. The van der Waals surface area contributed by atoms with E-state index in [-0.39, 0.29) is 0 Å². The number of aromatic nitrogens is 1. The Morgan fingerprint density at radius 2 is 1.61 bits per heavy atom. The molecule has 0 unspecified atom stereocenters. The van der Waals surface area contributed by atoms with Crippen molar-refractivity contribution in [2.75, 3.05) is 0 Å². The van der Waals surface area contributed by atoms with Crippen molar-refractivity contribution in [3.8, 4) is 11.1 Å². The van der Waals surface area contributed by atoms with E-state index >= 15 is 0 Å². The first-order chi connectivity index (χ1) is 11.4. The summed E-state index contributed by atoms with van der Waals surface area (Å²) in [6, 6.07) is 24.9. The van der Waals surface area contributed by atoms with Crippen LogP contribution in [0.2, 0.25) is 0 Å². The highest BCUT2D eigenvalue weighted by Gasteiger charge is 2.11. The first kappa shape index (κ1) is 14.1. The molecule has 4 rings (SSSR count). The van der Waals surface area contributed by atoms with Crippen LogP contribution in [0.15, 0.2) is 82.1 Å². The molecule has 1 radical (unpaired) electrons. The summed E-state index contributed by atoms with van der Waals surface area (Å²) < 4.78 is 5.31. The molecule has 0 saturated carbocycles. The average Bonchev–Trinajstić information content (AvgIpc) is 3.10. The number of benzene rings is 3. The molecule has 3 heteroatoms. The van der Waals surface area contributed by atoms with Gasteiger partial charge in [0.1, 0.15) is 5.52 Å². The van der Waals surface area contributed by atoms with Crippen molar-refractivity contribution < 1.29 is 4.42 Å². The fraction of sp³-hybridized carbons (Fsp3) is 0.0500. The molecule has 0 atom stereocenters. The first-order valence-corrected chi connectivity index (χ1v) is 8.42. The molecule has 4 aromatic rings. The quantitative estimate of drug-likeness (QED) is 0.459. The first-order valence-electron chi connectivity index (χ1n) is 7.43. The minimum Gasteiger partial charge on any atom is -0.432 e. The number of thioether (sulfide) groups is 1. The molecular weight excluding hydrogens is 302 g/mol. The van der Waals surface area contributed by atoms with Crippen molar-refractivity contribution in [3.63, 3.8) is 0 Å². The Hall–Kier alpha value is -2.52. The third-order valence-electron chi connectivity index (χ3n) is 3.73. The van der Waals surface area contributed by atoms with Crippen LogP contribution in [0, 0.1) is 6.39 Å². The predicted octanol–water partition coefficient (Wildman–Crippen LogP) is 5.59. The van der Waals surface area contributed by atoms with E-state index in [1.165, 1.54) is 16.0 Å². The second kappa shape index (κ2) is 6.31. The van der Waals surface area contributed by atoms with Crippen molar-refractivity contribution in [3.05, 3.63) is 84.8 Å². The van der Waals surface area contributed by atoms with Gasteiger partial charge in [-0.3, -0.25) is 0 Å². The molecule has 1 heterocycles. The maximum Gasteiger partial charge on any atom is 0.284 e. The summed E-state index contributed by atoms with van der Waals surface area (Å²) in [5.41, 5.74) is 5.22. The molecule has 0 bridgehead atoms. The van der Waals surface area contributed by atoms with Gasteiger partial charge in [0.15, 0.2) is 5.58 Å². The Morgan fingerprint density at radius 1 is 0.826 bits per heavy atom. The third kappa shape index (κ3) is 2.88.